The summed E-state index contributed by atoms with van der Waals surface area (Å²) in [4.78, 5) is 12.9. The van der Waals surface area contributed by atoms with E-state index >= 15 is 0 Å². The molecule has 2 aromatic carbocycles. The topological polar surface area (TPSA) is 59.8 Å². The van der Waals surface area contributed by atoms with E-state index in [0.29, 0.717) is 38.3 Å². The Morgan fingerprint density at radius 2 is 1.84 bits per heavy atom. The van der Waals surface area contributed by atoms with Gasteiger partial charge in [-0.3, -0.25) is 9.36 Å². The molecule has 32 heavy (non-hydrogen) atoms. The first-order valence-corrected chi connectivity index (χ1v) is 12.4. The van der Waals surface area contributed by atoms with E-state index in [-0.39, 0.29) is 17.7 Å². The van der Waals surface area contributed by atoms with Crippen molar-refractivity contribution in [2.45, 2.75) is 47.5 Å². The molecule has 1 N–H and O–H groups in total. The second-order valence-electron chi connectivity index (χ2n) is 7.31. The second-order valence-corrected chi connectivity index (χ2v) is 9.69. The van der Waals surface area contributed by atoms with E-state index in [4.69, 9.17) is 11.6 Å². The molecule has 0 saturated heterocycles. The van der Waals surface area contributed by atoms with Gasteiger partial charge >= 0.3 is 0 Å². The number of nitrogens with one attached hydrogen (secondary N) is 1. The van der Waals surface area contributed by atoms with E-state index in [2.05, 4.69) is 20.1 Å². The number of hydrogen-bond donors (Lipinski definition) is 1. The van der Waals surface area contributed by atoms with E-state index in [0.717, 1.165) is 31.2 Å². The van der Waals surface area contributed by atoms with E-state index in [1.54, 1.807) is 24.3 Å². The number of anilines is 1. The van der Waals surface area contributed by atoms with E-state index in [1.165, 1.54) is 11.8 Å². The number of thioether (sulfide) groups is 2. The maximum Gasteiger partial charge on any atom is 0.288 e. The predicted octanol–water partition coefficient (Wildman–Crippen LogP) is 6.76. The van der Waals surface area contributed by atoms with Crippen LogP contribution in [0.1, 0.15) is 31.7 Å². The van der Waals surface area contributed by atoms with Gasteiger partial charge in [0.15, 0.2) is 11.0 Å². The molecule has 168 valence electrons. The summed E-state index contributed by atoms with van der Waals surface area (Å²) < 4.78 is 27.7. The van der Waals surface area contributed by atoms with Gasteiger partial charge in [-0.25, -0.2) is 0 Å². The minimum absolute atomic E-state index is 0.0844. The van der Waals surface area contributed by atoms with Crippen molar-refractivity contribution < 1.29 is 13.6 Å². The number of carbonyl (C=O) groups excluding carboxylic acids is 1. The number of aromatic nitrogens is 3. The summed E-state index contributed by atoms with van der Waals surface area (Å²) in [6.45, 7) is 0. The normalized spacial score (nSPS) is 14.2. The molecule has 5 nitrogen and oxygen atoms in total. The molecule has 0 aliphatic heterocycles. The quantitative estimate of drug-likeness (QED) is 0.350. The van der Waals surface area contributed by atoms with Crippen molar-refractivity contribution in [1.29, 1.82) is 0 Å². The Bertz CT molecular complexity index is 1090. The van der Waals surface area contributed by atoms with Crippen LogP contribution in [-0.2, 0) is 4.79 Å². The summed E-state index contributed by atoms with van der Waals surface area (Å²) in [6.07, 6.45) is 4.31. The zero-order chi connectivity index (χ0) is 22.5. The van der Waals surface area contributed by atoms with Gasteiger partial charge in [0.05, 0.1) is 16.5 Å². The molecule has 0 radical (unpaired) electrons. The van der Waals surface area contributed by atoms with Crippen molar-refractivity contribution >= 4 is 46.7 Å². The standard InChI is InChI=1S/C22H21ClF2N4OS2/c23-16-10-4-3-9-15(16)20-27-28-22(29(20)14-7-1-2-8-14)31-13-19(30)26-17-11-5-6-12-18(17)32-21(24)25/h3-6,9-12,14,21H,1-2,7-8,13H2,(H,26,30). The van der Waals surface area contributed by atoms with Crippen LogP contribution >= 0.6 is 35.1 Å². The largest absolute Gasteiger partial charge is 0.324 e. The zero-order valence-corrected chi connectivity index (χ0v) is 19.4. The van der Waals surface area contributed by atoms with Crippen molar-refractivity contribution in [3.05, 3.63) is 53.6 Å². The number of nitrogens with zero attached hydrogens (tertiary/aromatic N) is 3. The van der Waals surface area contributed by atoms with Crippen molar-refractivity contribution in [1.82, 2.24) is 14.8 Å². The number of benzene rings is 2. The van der Waals surface area contributed by atoms with Crippen LogP contribution in [0.4, 0.5) is 14.5 Å². The number of hydrogen-bond acceptors (Lipinski definition) is 5. The van der Waals surface area contributed by atoms with Gasteiger partial charge in [0.2, 0.25) is 5.91 Å². The van der Waals surface area contributed by atoms with Gasteiger partial charge in [-0.15, -0.1) is 10.2 Å². The summed E-state index contributed by atoms with van der Waals surface area (Å²) in [6, 6.07) is 14.3. The molecule has 1 fully saturated rings. The molecule has 0 unspecified atom stereocenters. The van der Waals surface area contributed by atoms with Crippen LogP contribution in [0.25, 0.3) is 11.4 Å². The van der Waals surface area contributed by atoms with Gasteiger partial charge in [0.25, 0.3) is 5.76 Å². The summed E-state index contributed by atoms with van der Waals surface area (Å²) in [5.41, 5.74) is 1.18. The lowest BCUT2D eigenvalue weighted by Gasteiger charge is -2.17. The molecule has 0 spiro atoms. The Kier molecular flexibility index (Phi) is 7.70. The fraction of sp³-hybridized carbons (Fsp3) is 0.318. The van der Waals surface area contributed by atoms with Crippen LogP contribution in [0, 0.1) is 0 Å². The Morgan fingerprint density at radius 3 is 2.59 bits per heavy atom. The molecule has 1 heterocycles. The molecule has 3 aromatic rings. The molecule has 0 atom stereocenters. The molecule has 10 heteroatoms. The van der Waals surface area contributed by atoms with Crippen LogP contribution in [0.15, 0.2) is 58.6 Å². The van der Waals surface area contributed by atoms with Gasteiger partial charge in [0.1, 0.15) is 0 Å². The number of rotatable bonds is 8. The van der Waals surface area contributed by atoms with Crippen molar-refractivity contribution in [3.63, 3.8) is 0 Å². The lowest BCUT2D eigenvalue weighted by atomic mass is 10.2. The Morgan fingerprint density at radius 1 is 1.12 bits per heavy atom. The first kappa shape index (κ1) is 23.1. The molecule has 1 saturated carbocycles. The van der Waals surface area contributed by atoms with Crippen molar-refractivity contribution in [2.75, 3.05) is 11.1 Å². The van der Waals surface area contributed by atoms with Crippen LogP contribution in [0.3, 0.4) is 0 Å². The number of amides is 1. The minimum Gasteiger partial charge on any atom is -0.324 e. The third-order valence-corrected chi connectivity index (χ3v) is 7.24. The number of alkyl halides is 2. The van der Waals surface area contributed by atoms with E-state index in [9.17, 15) is 13.6 Å². The fourth-order valence-corrected chi connectivity index (χ4v) is 5.40. The molecular weight excluding hydrogens is 474 g/mol. The van der Waals surface area contributed by atoms with Gasteiger partial charge in [-0.05, 0) is 37.1 Å². The van der Waals surface area contributed by atoms with Crippen molar-refractivity contribution in [2.24, 2.45) is 0 Å². The maximum atomic E-state index is 12.8. The van der Waals surface area contributed by atoms with Gasteiger partial charge in [-0.2, -0.15) is 8.78 Å². The fourth-order valence-electron chi connectivity index (χ4n) is 3.78. The van der Waals surface area contributed by atoms with Gasteiger partial charge in [0, 0.05) is 16.5 Å². The summed E-state index contributed by atoms with van der Waals surface area (Å²) >= 11 is 8.10. The lowest BCUT2D eigenvalue weighted by molar-refractivity contribution is -0.113. The highest BCUT2D eigenvalue weighted by molar-refractivity contribution is 8.00. The molecule has 1 aromatic heterocycles. The smallest absolute Gasteiger partial charge is 0.288 e. The Hall–Kier alpha value is -2.10. The number of halogens is 3. The third kappa shape index (κ3) is 5.44. The maximum absolute atomic E-state index is 12.8. The molecular formula is C22H21ClF2N4OS2. The monoisotopic (exact) mass is 494 g/mol. The highest BCUT2D eigenvalue weighted by Crippen LogP contribution is 2.38. The number of carbonyl (C=O) groups is 1. The molecule has 4 rings (SSSR count). The Labute approximate surface area is 198 Å². The predicted molar refractivity (Wildman–Crippen MR) is 126 cm³/mol. The average Bonchev–Trinajstić information content (AvgIpc) is 3.43. The summed E-state index contributed by atoms with van der Waals surface area (Å²) in [5.74, 6) is -2.07. The number of para-hydroxylation sites is 1. The van der Waals surface area contributed by atoms with Crippen LogP contribution in [0.2, 0.25) is 5.02 Å². The highest BCUT2D eigenvalue weighted by atomic mass is 35.5. The van der Waals surface area contributed by atoms with E-state index in [1.807, 2.05) is 24.3 Å². The zero-order valence-electron chi connectivity index (χ0n) is 17.0. The van der Waals surface area contributed by atoms with Gasteiger partial charge < -0.3 is 5.32 Å². The van der Waals surface area contributed by atoms with Crippen LogP contribution in [0.5, 0.6) is 0 Å². The van der Waals surface area contributed by atoms with Crippen LogP contribution in [-0.4, -0.2) is 32.2 Å². The second kappa shape index (κ2) is 10.7. The third-order valence-electron chi connectivity index (χ3n) is 5.18. The van der Waals surface area contributed by atoms with Gasteiger partial charge in [-0.1, -0.05) is 72.2 Å². The minimum atomic E-state index is -2.56. The average molecular weight is 495 g/mol. The first-order chi connectivity index (χ1) is 15.5. The lowest BCUT2D eigenvalue weighted by Crippen LogP contribution is -2.16. The van der Waals surface area contributed by atoms with Crippen molar-refractivity contribution in [3.8, 4) is 11.4 Å². The summed E-state index contributed by atoms with van der Waals surface area (Å²) in [5, 5.41) is 12.7. The Balaban J connectivity index is 1.51. The van der Waals surface area contributed by atoms with Crippen LogP contribution < -0.4 is 5.32 Å². The van der Waals surface area contributed by atoms with E-state index < -0.39 is 5.76 Å². The molecule has 0 bridgehead atoms. The molecule has 1 amide bonds. The summed E-state index contributed by atoms with van der Waals surface area (Å²) in [7, 11) is 0. The molecule has 1 aliphatic rings. The first-order valence-electron chi connectivity index (χ1n) is 10.2. The SMILES string of the molecule is O=C(CSc1nnc(-c2ccccc2Cl)n1C1CCCC1)Nc1ccccc1SC(F)F. The molecule has 1 aliphatic carbocycles. The highest BCUT2D eigenvalue weighted by Gasteiger charge is 2.26.